The standard InChI is InChI=1S/C8H10N2O.C2H6/c1-10-7-4-2-3-6(7)9-5-8(10)11;1-2/h5H,2-4H2,1H3;1-2H3. The normalized spacial score (nSPS) is 13.2. The quantitative estimate of drug-likeness (QED) is 0.603. The molecule has 0 saturated heterocycles. The topological polar surface area (TPSA) is 34.9 Å². The fraction of sp³-hybridized carbons (Fsp3) is 0.600. The van der Waals surface area contributed by atoms with Gasteiger partial charge in [0.2, 0.25) is 0 Å². The maximum atomic E-state index is 11.1. The molecule has 1 aromatic heterocycles. The molecule has 1 aromatic rings. The Labute approximate surface area is 78.4 Å². The van der Waals surface area contributed by atoms with Gasteiger partial charge in [0.25, 0.3) is 5.56 Å². The van der Waals surface area contributed by atoms with E-state index in [1.807, 2.05) is 20.9 Å². The highest BCUT2D eigenvalue weighted by atomic mass is 16.1. The zero-order valence-electron chi connectivity index (χ0n) is 8.50. The third-order valence-corrected chi connectivity index (χ3v) is 2.23. The van der Waals surface area contributed by atoms with Gasteiger partial charge >= 0.3 is 0 Å². The van der Waals surface area contributed by atoms with Crippen LogP contribution in [0.25, 0.3) is 0 Å². The molecule has 3 nitrogen and oxygen atoms in total. The van der Waals surface area contributed by atoms with Crippen LogP contribution >= 0.6 is 0 Å². The molecular formula is C10H16N2O. The molecule has 0 spiro atoms. The lowest BCUT2D eigenvalue weighted by atomic mass is 10.3. The molecule has 1 aliphatic carbocycles. The third-order valence-electron chi connectivity index (χ3n) is 2.23. The SMILES string of the molecule is CC.Cn1c2c(ncc1=O)CCC2. The number of rotatable bonds is 0. The molecule has 2 rings (SSSR count). The van der Waals surface area contributed by atoms with Gasteiger partial charge in [-0.3, -0.25) is 9.78 Å². The summed E-state index contributed by atoms with van der Waals surface area (Å²) in [5.41, 5.74) is 2.23. The van der Waals surface area contributed by atoms with Crippen LogP contribution in [0.2, 0.25) is 0 Å². The molecule has 0 atom stereocenters. The highest BCUT2D eigenvalue weighted by molar-refractivity contribution is 5.17. The molecule has 72 valence electrons. The van der Waals surface area contributed by atoms with Crippen LogP contribution in [0.4, 0.5) is 0 Å². The van der Waals surface area contributed by atoms with E-state index in [0.717, 1.165) is 30.7 Å². The molecule has 0 amide bonds. The Balaban J connectivity index is 0.000000396. The van der Waals surface area contributed by atoms with Crippen molar-refractivity contribution < 1.29 is 0 Å². The predicted molar refractivity (Wildman–Crippen MR) is 52.9 cm³/mol. The summed E-state index contributed by atoms with van der Waals surface area (Å²) in [5, 5.41) is 0. The Morgan fingerprint density at radius 3 is 2.77 bits per heavy atom. The fourth-order valence-corrected chi connectivity index (χ4v) is 1.56. The number of nitrogens with zero attached hydrogens (tertiary/aromatic N) is 2. The summed E-state index contributed by atoms with van der Waals surface area (Å²) in [6.07, 6.45) is 4.59. The van der Waals surface area contributed by atoms with Gasteiger partial charge in [-0.05, 0) is 19.3 Å². The van der Waals surface area contributed by atoms with Gasteiger partial charge in [0.1, 0.15) is 0 Å². The number of hydrogen-bond acceptors (Lipinski definition) is 2. The van der Waals surface area contributed by atoms with E-state index in [4.69, 9.17) is 0 Å². The first-order valence-electron chi connectivity index (χ1n) is 4.83. The largest absolute Gasteiger partial charge is 0.313 e. The van der Waals surface area contributed by atoms with E-state index in [2.05, 4.69) is 4.98 Å². The summed E-state index contributed by atoms with van der Waals surface area (Å²) in [4.78, 5) is 15.2. The van der Waals surface area contributed by atoms with Crippen LogP contribution < -0.4 is 5.56 Å². The molecule has 1 heterocycles. The van der Waals surface area contributed by atoms with Crippen molar-refractivity contribution >= 4 is 0 Å². The number of fused-ring (bicyclic) bond motifs is 1. The summed E-state index contributed by atoms with van der Waals surface area (Å²) < 4.78 is 1.70. The summed E-state index contributed by atoms with van der Waals surface area (Å²) in [6, 6.07) is 0. The Hall–Kier alpha value is -1.12. The molecular weight excluding hydrogens is 164 g/mol. The Kier molecular flexibility index (Phi) is 3.23. The summed E-state index contributed by atoms with van der Waals surface area (Å²) >= 11 is 0. The van der Waals surface area contributed by atoms with Gasteiger partial charge in [0.05, 0.1) is 11.9 Å². The van der Waals surface area contributed by atoms with Gasteiger partial charge in [-0.25, -0.2) is 0 Å². The molecule has 0 radical (unpaired) electrons. The van der Waals surface area contributed by atoms with Gasteiger partial charge in [-0.2, -0.15) is 0 Å². The van der Waals surface area contributed by atoms with Gasteiger partial charge in [0.15, 0.2) is 0 Å². The zero-order chi connectivity index (χ0) is 9.84. The summed E-state index contributed by atoms with van der Waals surface area (Å²) in [5.74, 6) is 0. The van der Waals surface area contributed by atoms with Gasteiger partial charge < -0.3 is 4.57 Å². The third kappa shape index (κ3) is 1.79. The second-order valence-corrected chi connectivity index (χ2v) is 2.90. The molecule has 0 N–H and O–H groups in total. The molecule has 0 bridgehead atoms. The molecule has 0 fully saturated rings. The first-order chi connectivity index (χ1) is 6.29. The molecule has 0 saturated carbocycles. The van der Waals surface area contributed by atoms with Crippen molar-refractivity contribution in [1.82, 2.24) is 9.55 Å². The van der Waals surface area contributed by atoms with Crippen LogP contribution in [0.5, 0.6) is 0 Å². The first kappa shape index (κ1) is 9.96. The van der Waals surface area contributed by atoms with Crippen molar-refractivity contribution in [2.45, 2.75) is 33.1 Å². The summed E-state index contributed by atoms with van der Waals surface area (Å²) in [6.45, 7) is 4.00. The number of aromatic nitrogens is 2. The lowest BCUT2D eigenvalue weighted by Gasteiger charge is -2.02. The monoisotopic (exact) mass is 180 g/mol. The average Bonchev–Trinajstić information content (AvgIpc) is 2.63. The Morgan fingerprint density at radius 1 is 1.38 bits per heavy atom. The Morgan fingerprint density at radius 2 is 2.08 bits per heavy atom. The molecule has 0 aliphatic heterocycles. The second-order valence-electron chi connectivity index (χ2n) is 2.90. The van der Waals surface area contributed by atoms with Crippen molar-refractivity contribution in [2.75, 3.05) is 0 Å². The molecule has 13 heavy (non-hydrogen) atoms. The summed E-state index contributed by atoms with van der Waals surface area (Å²) in [7, 11) is 1.81. The maximum absolute atomic E-state index is 11.1. The van der Waals surface area contributed by atoms with Gasteiger partial charge in [-0.1, -0.05) is 13.8 Å². The minimum Gasteiger partial charge on any atom is -0.313 e. The van der Waals surface area contributed by atoms with Crippen LogP contribution in [-0.4, -0.2) is 9.55 Å². The van der Waals surface area contributed by atoms with Crippen LogP contribution in [0.3, 0.4) is 0 Å². The second kappa shape index (κ2) is 4.21. The smallest absolute Gasteiger partial charge is 0.268 e. The van der Waals surface area contributed by atoms with Gasteiger partial charge in [-0.15, -0.1) is 0 Å². The average molecular weight is 180 g/mol. The Bertz CT molecular complexity index is 341. The lowest BCUT2D eigenvalue weighted by Crippen LogP contribution is -2.20. The minimum atomic E-state index is 0.00523. The highest BCUT2D eigenvalue weighted by Gasteiger charge is 2.14. The van der Waals surface area contributed by atoms with E-state index < -0.39 is 0 Å². The van der Waals surface area contributed by atoms with Crippen molar-refractivity contribution in [2.24, 2.45) is 7.05 Å². The van der Waals surface area contributed by atoms with Crippen molar-refractivity contribution in [3.8, 4) is 0 Å². The number of aryl methyl sites for hydroxylation is 1. The van der Waals surface area contributed by atoms with Gasteiger partial charge in [0, 0.05) is 12.7 Å². The fourth-order valence-electron chi connectivity index (χ4n) is 1.56. The van der Waals surface area contributed by atoms with E-state index in [9.17, 15) is 4.79 Å². The first-order valence-corrected chi connectivity index (χ1v) is 4.83. The van der Waals surface area contributed by atoms with E-state index in [1.54, 1.807) is 4.57 Å². The zero-order valence-corrected chi connectivity index (χ0v) is 8.50. The van der Waals surface area contributed by atoms with E-state index in [0.29, 0.717) is 0 Å². The van der Waals surface area contributed by atoms with E-state index in [-0.39, 0.29) is 5.56 Å². The predicted octanol–water partition coefficient (Wildman–Crippen LogP) is 1.30. The van der Waals surface area contributed by atoms with Crippen LogP contribution in [0.1, 0.15) is 31.7 Å². The van der Waals surface area contributed by atoms with Crippen LogP contribution in [0.15, 0.2) is 11.0 Å². The van der Waals surface area contributed by atoms with Crippen LogP contribution in [0, 0.1) is 0 Å². The highest BCUT2D eigenvalue weighted by Crippen LogP contribution is 2.16. The van der Waals surface area contributed by atoms with Crippen LogP contribution in [-0.2, 0) is 19.9 Å². The molecule has 3 heteroatoms. The van der Waals surface area contributed by atoms with Crippen molar-refractivity contribution in [1.29, 1.82) is 0 Å². The van der Waals surface area contributed by atoms with E-state index in [1.165, 1.54) is 6.20 Å². The minimum absolute atomic E-state index is 0.00523. The molecule has 1 aliphatic rings. The number of hydrogen-bond donors (Lipinski definition) is 0. The molecule has 0 aromatic carbocycles. The van der Waals surface area contributed by atoms with Crippen molar-refractivity contribution in [3.63, 3.8) is 0 Å². The molecule has 0 unspecified atom stereocenters. The maximum Gasteiger partial charge on any atom is 0.268 e. The lowest BCUT2D eigenvalue weighted by molar-refractivity contribution is 0.768. The van der Waals surface area contributed by atoms with E-state index >= 15 is 0 Å². The van der Waals surface area contributed by atoms with Crippen molar-refractivity contribution in [3.05, 3.63) is 27.9 Å².